The van der Waals surface area contributed by atoms with E-state index in [1.54, 1.807) is 36.3 Å². The Hall–Kier alpha value is -2.34. The van der Waals surface area contributed by atoms with Gasteiger partial charge < -0.3 is 14.6 Å². The van der Waals surface area contributed by atoms with Crippen molar-refractivity contribution in [1.82, 2.24) is 10.2 Å². The average molecular weight is 365 g/mol. The Morgan fingerprint density at radius 2 is 2.28 bits per heavy atom. The number of rotatable bonds is 5. The SMILES string of the molecule is CC(NC(=O)C1CC(=O)N(Cc2ccco2)C1)c1ccc(F)c(Cl)c1. The number of likely N-dealkylation sites (tertiary alicyclic amines) is 1. The van der Waals surface area contributed by atoms with Crippen LogP contribution in [0.4, 0.5) is 4.39 Å². The first-order chi connectivity index (χ1) is 11.9. The number of carbonyl (C=O) groups is 2. The molecule has 1 aliphatic heterocycles. The maximum atomic E-state index is 13.2. The highest BCUT2D eigenvalue weighted by Gasteiger charge is 2.35. The lowest BCUT2D eigenvalue weighted by Gasteiger charge is -2.18. The van der Waals surface area contributed by atoms with Gasteiger partial charge in [0, 0.05) is 13.0 Å². The highest BCUT2D eigenvalue weighted by atomic mass is 35.5. The first-order valence-corrected chi connectivity index (χ1v) is 8.37. The predicted octanol–water partition coefficient (Wildman–Crippen LogP) is 3.30. The van der Waals surface area contributed by atoms with Gasteiger partial charge >= 0.3 is 0 Å². The number of carbonyl (C=O) groups excluding carboxylic acids is 2. The molecule has 1 aromatic heterocycles. The summed E-state index contributed by atoms with van der Waals surface area (Å²) in [6.45, 7) is 2.50. The van der Waals surface area contributed by atoms with E-state index in [1.165, 1.54) is 12.1 Å². The molecule has 2 atom stereocenters. The second-order valence-corrected chi connectivity index (χ2v) is 6.57. The third-order valence-corrected chi connectivity index (χ3v) is 4.60. The molecule has 0 radical (unpaired) electrons. The van der Waals surface area contributed by atoms with E-state index in [9.17, 15) is 14.0 Å². The largest absolute Gasteiger partial charge is 0.467 e. The van der Waals surface area contributed by atoms with Crippen molar-refractivity contribution >= 4 is 23.4 Å². The molecule has 0 saturated carbocycles. The summed E-state index contributed by atoms with van der Waals surface area (Å²) >= 11 is 5.78. The molecule has 1 fully saturated rings. The van der Waals surface area contributed by atoms with Crippen LogP contribution in [0.15, 0.2) is 41.0 Å². The smallest absolute Gasteiger partial charge is 0.225 e. The van der Waals surface area contributed by atoms with Crippen LogP contribution in [0.1, 0.15) is 30.7 Å². The summed E-state index contributed by atoms with van der Waals surface area (Å²) in [5, 5.41) is 2.88. The molecule has 0 spiro atoms. The van der Waals surface area contributed by atoms with E-state index < -0.39 is 11.7 Å². The number of hydrogen-bond donors (Lipinski definition) is 1. The molecule has 2 heterocycles. The van der Waals surface area contributed by atoms with Crippen LogP contribution in [0.2, 0.25) is 5.02 Å². The van der Waals surface area contributed by atoms with Gasteiger partial charge in [-0.1, -0.05) is 17.7 Å². The van der Waals surface area contributed by atoms with Crippen molar-refractivity contribution in [2.45, 2.75) is 25.9 Å². The molecule has 1 saturated heterocycles. The molecule has 2 unspecified atom stereocenters. The molecular formula is C18H18ClFN2O3. The molecule has 2 amide bonds. The van der Waals surface area contributed by atoms with Crippen LogP contribution in [0.5, 0.6) is 0 Å². The molecule has 1 aliphatic rings. The Morgan fingerprint density at radius 3 is 2.96 bits per heavy atom. The lowest BCUT2D eigenvalue weighted by molar-refractivity contribution is -0.129. The lowest BCUT2D eigenvalue weighted by atomic mass is 10.0. The molecule has 2 aromatic rings. The first kappa shape index (κ1) is 17.5. The maximum Gasteiger partial charge on any atom is 0.225 e. The number of nitrogens with one attached hydrogen (secondary N) is 1. The molecule has 132 valence electrons. The fraction of sp³-hybridized carbons (Fsp3) is 0.333. The number of hydrogen-bond acceptors (Lipinski definition) is 3. The molecular weight excluding hydrogens is 347 g/mol. The van der Waals surface area contributed by atoms with Crippen molar-refractivity contribution in [3.05, 3.63) is 58.8 Å². The van der Waals surface area contributed by atoms with Crippen molar-refractivity contribution in [3.8, 4) is 0 Å². The highest BCUT2D eigenvalue weighted by Crippen LogP contribution is 2.24. The molecule has 5 nitrogen and oxygen atoms in total. The van der Waals surface area contributed by atoms with Crippen molar-refractivity contribution in [3.63, 3.8) is 0 Å². The summed E-state index contributed by atoms with van der Waals surface area (Å²) in [4.78, 5) is 26.2. The predicted molar refractivity (Wildman–Crippen MR) is 90.2 cm³/mol. The van der Waals surface area contributed by atoms with Gasteiger partial charge in [-0.3, -0.25) is 9.59 Å². The molecule has 0 aliphatic carbocycles. The van der Waals surface area contributed by atoms with Gasteiger partial charge in [0.25, 0.3) is 0 Å². The topological polar surface area (TPSA) is 62.6 Å². The van der Waals surface area contributed by atoms with E-state index in [4.69, 9.17) is 16.0 Å². The number of nitrogens with zero attached hydrogens (tertiary/aromatic N) is 1. The van der Waals surface area contributed by atoms with E-state index in [2.05, 4.69) is 5.32 Å². The summed E-state index contributed by atoms with van der Waals surface area (Å²) in [6, 6.07) is 7.56. The van der Waals surface area contributed by atoms with E-state index in [1.807, 2.05) is 0 Å². The average Bonchev–Trinajstić information content (AvgIpc) is 3.21. The number of benzene rings is 1. The Bertz CT molecular complexity index is 779. The van der Waals surface area contributed by atoms with Crippen molar-refractivity contribution in [2.75, 3.05) is 6.54 Å². The summed E-state index contributed by atoms with van der Waals surface area (Å²) in [7, 11) is 0. The van der Waals surface area contributed by atoms with Crippen molar-refractivity contribution in [2.24, 2.45) is 5.92 Å². The minimum atomic E-state index is -0.501. The first-order valence-electron chi connectivity index (χ1n) is 7.99. The molecule has 3 rings (SSSR count). The highest BCUT2D eigenvalue weighted by molar-refractivity contribution is 6.30. The second kappa shape index (κ2) is 7.27. The Morgan fingerprint density at radius 1 is 1.48 bits per heavy atom. The van der Waals surface area contributed by atoms with Gasteiger partial charge in [0.05, 0.1) is 29.8 Å². The van der Waals surface area contributed by atoms with Crippen LogP contribution in [0.3, 0.4) is 0 Å². The zero-order valence-corrected chi connectivity index (χ0v) is 14.4. The van der Waals surface area contributed by atoms with Crippen LogP contribution in [-0.2, 0) is 16.1 Å². The van der Waals surface area contributed by atoms with Gasteiger partial charge in [0.2, 0.25) is 11.8 Å². The van der Waals surface area contributed by atoms with Crippen LogP contribution >= 0.6 is 11.6 Å². The zero-order chi connectivity index (χ0) is 18.0. The number of halogens is 2. The van der Waals surface area contributed by atoms with E-state index in [-0.39, 0.29) is 29.3 Å². The fourth-order valence-electron chi connectivity index (χ4n) is 2.89. The van der Waals surface area contributed by atoms with Gasteiger partial charge in [0.15, 0.2) is 0 Å². The summed E-state index contributed by atoms with van der Waals surface area (Å²) in [5.74, 6) is -0.513. The summed E-state index contributed by atoms with van der Waals surface area (Å²) in [5.41, 5.74) is 0.705. The monoisotopic (exact) mass is 364 g/mol. The van der Waals surface area contributed by atoms with Gasteiger partial charge in [-0.2, -0.15) is 0 Å². The molecule has 0 bridgehead atoms. The van der Waals surface area contributed by atoms with E-state index in [0.717, 1.165) is 0 Å². The second-order valence-electron chi connectivity index (χ2n) is 6.16. The third-order valence-electron chi connectivity index (χ3n) is 4.31. The summed E-state index contributed by atoms with van der Waals surface area (Å²) < 4.78 is 18.5. The van der Waals surface area contributed by atoms with Crippen molar-refractivity contribution < 1.29 is 18.4 Å². The van der Waals surface area contributed by atoms with Gasteiger partial charge in [-0.15, -0.1) is 0 Å². The van der Waals surface area contributed by atoms with Crippen LogP contribution in [-0.4, -0.2) is 23.3 Å². The Labute approximate surface area is 149 Å². The van der Waals surface area contributed by atoms with Gasteiger partial charge in [0.1, 0.15) is 11.6 Å². The minimum Gasteiger partial charge on any atom is -0.467 e. The molecule has 1 aromatic carbocycles. The van der Waals surface area contributed by atoms with E-state index in [0.29, 0.717) is 24.4 Å². The normalized spacial score (nSPS) is 18.4. The van der Waals surface area contributed by atoms with Gasteiger partial charge in [-0.05, 0) is 36.8 Å². The van der Waals surface area contributed by atoms with Crippen LogP contribution < -0.4 is 5.32 Å². The van der Waals surface area contributed by atoms with Crippen molar-refractivity contribution in [1.29, 1.82) is 0 Å². The molecule has 7 heteroatoms. The summed E-state index contributed by atoms with van der Waals surface area (Å²) in [6.07, 6.45) is 1.72. The Kier molecular flexibility index (Phi) is 5.08. The third kappa shape index (κ3) is 4.02. The quantitative estimate of drug-likeness (QED) is 0.885. The van der Waals surface area contributed by atoms with Crippen LogP contribution in [0, 0.1) is 11.7 Å². The molecule has 1 N–H and O–H groups in total. The zero-order valence-electron chi connectivity index (χ0n) is 13.7. The lowest BCUT2D eigenvalue weighted by Crippen LogP contribution is -2.34. The Balaban J connectivity index is 1.59. The standard InChI is InChI=1S/C18H18ClFN2O3/c1-11(12-4-5-16(20)15(19)7-12)21-18(24)13-8-17(23)22(9-13)10-14-3-2-6-25-14/h2-7,11,13H,8-10H2,1H3,(H,21,24). The maximum absolute atomic E-state index is 13.2. The number of amides is 2. The minimum absolute atomic E-state index is 0.0132. The number of furan rings is 1. The fourth-order valence-corrected chi connectivity index (χ4v) is 3.08. The van der Waals surface area contributed by atoms with Gasteiger partial charge in [-0.25, -0.2) is 4.39 Å². The van der Waals surface area contributed by atoms with E-state index >= 15 is 0 Å². The van der Waals surface area contributed by atoms with Crippen LogP contribution in [0.25, 0.3) is 0 Å². The molecule has 25 heavy (non-hydrogen) atoms.